The van der Waals surface area contributed by atoms with Crippen LogP contribution in [0.4, 0.5) is 5.69 Å². The molecule has 4 unspecified atom stereocenters. The van der Waals surface area contributed by atoms with Gasteiger partial charge in [0.2, 0.25) is 0 Å². The van der Waals surface area contributed by atoms with E-state index in [0.717, 1.165) is 26.7 Å². The highest BCUT2D eigenvalue weighted by molar-refractivity contribution is 6.19. The summed E-state index contributed by atoms with van der Waals surface area (Å²) in [5.41, 5.74) is -0.243. The van der Waals surface area contributed by atoms with Gasteiger partial charge in [-0.15, -0.1) is 0 Å². The van der Waals surface area contributed by atoms with Gasteiger partial charge in [0.15, 0.2) is 17.2 Å². The standard InChI is InChI=1S/C44H60N4O9.CH4O/c1-11-48-19-17-44(18-20-48)46-32-29-30-36(50)28(7)39-31(29)40(52)43(10,57-39)55-21-13-16-24(3)35(49)27(6)38(56-42(8,9)54)26(5)22-23(2)14-12-15-25(4)41(53)45-34(37(30)51)33(32)47-44;1-2/h12-15,21,23-24,26-27,35,38,49-51,54H,11,16-20,22H2,1-10H3,(H,45,53);2H,1H3/b14-12+,21-13+,25-15-;/t23?,24-,26-,27+,35?,38?,43?;/m1./s1. The van der Waals surface area contributed by atoms with Gasteiger partial charge in [-0.05, 0) is 70.9 Å². The summed E-state index contributed by atoms with van der Waals surface area (Å²) in [6, 6.07) is 0. The highest BCUT2D eigenvalue weighted by Crippen LogP contribution is 2.50. The number of anilines is 1. The van der Waals surface area contributed by atoms with Crippen LogP contribution in [0.5, 0.6) is 17.2 Å². The van der Waals surface area contributed by atoms with Crippen LogP contribution in [0.15, 0.2) is 46.1 Å². The van der Waals surface area contributed by atoms with E-state index in [0.29, 0.717) is 31.3 Å². The number of hydrogen-bond donors (Lipinski definition) is 6. The summed E-state index contributed by atoms with van der Waals surface area (Å²) >= 11 is 0. The zero-order chi connectivity index (χ0) is 43.8. The number of rotatable bonds is 3. The third-order valence-corrected chi connectivity index (χ3v) is 12.2. The van der Waals surface area contributed by atoms with Crippen LogP contribution < -0.4 is 20.8 Å². The summed E-state index contributed by atoms with van der Waals surface area (Å²) in [6.45, 7) is 20.3. The third-order valence-electron chi connectivity index (χ3n) is 12.2. The number of hydrogen-bond acceptors (Lipinski definition) is 13. The minimum atomic E-state index is -1.84. The number of likely N-dealkylation sites (tertiary alicyclic amines) is 1. The molecule has 1 amide bonds. The Morgan fingerprint density at radius 2 is 1.64 bits per heavy atom. The molecule has 14 heteroatoms. The molecule has 324 valence electrons. The molecule has 59 heavy (non-hydrogen) atoms. The summed E-state index contributed by atoms with van der Waals surface area (Å²) in [4.78, 5) is 40.9. The molecule has 0 aromatic heterocycles. The average molecular weight is 821 g/mol. The number of aliphatic hydroxyl groups is 3. The van der Waals surface area contributed by atoms with Crippen molar-refractivity contribution in [3.63, 3.8) is 0 Å². The second kappa shape index (κ2) is 17.7. The first-order valence-electron chi connectivity index (χ1n) is 20.7. The Hall–Kier alpha value is -4.34. The van der Waals surface area contributed by atoms with Crippen molar-refractivity contribution in [1.29, 1.82) is 0 Å². The minimum Gasteiger partial charge on any atom is -0.507 e. The Balaban J connectivity index is 0.00000326. The Morgan fingerprint density at radius 1 is 1.00 bits per heavy atom. The molecule has 4 bridgehead atoms. The molecule has 1 fully saturated rings. The first kappa shape index (κ1) is 45.7. The molecule has 14 nitrogen and oxygen atoms in total. The number of fused-ring (bicyclic) bond motifs is 1. The van der Waals surface area contributed by atoms with Gasteiger partial charge in [-0.2, -0.15) is 0 Å². The molecule has 1 spiro atoms. The molecule has 2 aromatic rings. The molecule has 0 aliphatic carbocycles. The van der Waals surface area contributed by atoms with Crippen molar-refractivity contribution in [3.8, 4) is 17.2 Å². The summed E-state index contributed by atoms with van der Waals surface area (Å²) in [7, 11) is 1.00. The normalized spacial score (nSPS) is 30.8. The van der Waals surface area contributed by atoms with Crippen molar-refractivity contribution in [2.24, 2.45) is 33.7 Å². The van der Waals surface area contributed by atoms with Crippen molar-refractivity contribution in [1.82, 2.24) is 4.90 Å². The van der Waals surface area contributed by atoms with Crippen molar-refractivity contribution in [3.05, 3.63) is 58.0 Å². The van der Waals surface area contributed by atoms with Gasteiger partial charge in [-0.1, -0.05) is 52.8 Å². The number of carbonyl (C=O) groups excluding carboxylic acids is 2. The zero-order valence-corrected chi connectivity index (χ0v) is 36.4. The monoisotopic (exact) mass is 820 g/mol. The number of allylic oxidation sites excluding steroid dienone is 4. The predicted molar refractivity (Wildman–Crippen MR) is 225 cm³/mol. The smallest absolute Gasteiger partial charge is 0.312 e. The van der Waals surface area contributed by atoms with Crippen LogP contribution in [0, 0.1) is 30.6 Å². The second-order valence-electron chi connectivity index (χ2n) is 17.3. The van der Waals surface area contributed by atoms with Gasteiger partial charge in [-0.25, -0.2) is 0 Å². The molecule has 4 heterocycles. The van der Waals surface area contributed by atoms with E-state index in [2.05, 4.69) is 24.1 Å². The molecular weight excluding hydrogens is 757 g/mol. The number of Topliss-reactive ketones (excluding diaryl/α,β-unsaturated/α-hetero) is 1. The van der Waals surface area contributed by atoms with E-state index in [9.17, 15) is 30.0 Å². The molecule has 6 rings (SSSR count). The fourth-order valence-electron chi connectivity index (χ4n) is 8.75. The Morgan fingerprint density at radius 3 is 2.27 bits per heavy atom. The van der Waals surface area contributed by atoms with Gasteiger partial charge in [0, 0.05) is 62.4 Å². The van der Waals surface area contributed by atoms with Crippen LogP contribution in [0.3, 0.4) is 0 Å². The average Bonchev–Trinajstić information content (AvgIpc) is 3.69. The number of aliphatic hydroxyl groups excluding tert-OH is 2. The molecule has 0 radical (unpaired) electrons. The number of carbonyl (C=O) groups is 2. The number of amides is 1. The SMILES string of the molecule is CCN1CCC2(CC1)N=c1c3c(O)c4c(O)c(C)c5c(c4c1=N2)C(=O)C(C)(O/C=C/C[C@@H](C)C(O)[C@H](C)C(OC(C)(C)O)[C@H](C)CC(C)/C=C/C=C(/C)C(=O)N3)O5.CO. The lowest BCUT2D eigenvalue weighted by molar-refractivity contribution is -0.235. The first-order chi connectivity index (χ1) is 27.7. The maximum Gasteiger partial charge on any atom is 0.312 e. The topological polar surface area (TPSA) is 203 Å². The number of nitrogens with one attached hydrogen (secondary N) is 1. The molecule has 1 saturated heterocycles. The summed E-state index contributed by atoms with van der Waals surface area (Å²) in [5, 5.41) is 56.5. The number of phenolic OH excluding ortho intramolecular Hbond substituents is 2. The second-order valence-corrected chi connectivity index (χ2v) is 17.3. The van der Waals surface area contributed by atoms with E-state index >= 15 is 0 Å². The van der Waals surface area contributed by atoms with E-state index in [1.165, 1.54) is 13.2 Å². The fraction of sp³-hybridized carbons (Fsp3) is 0.600. The van der Waals surface area contributed by atoms with Crippen molar-refractivity contribution >= 4 is 28.2 Å². The van der Waals surface area contributed by atoms with Crippen LogP contribution in [0.2, 0.25) is 0 Å². The Bertz CT molecular complexity index is 2150. The maximum absolute atomic E-state index is 14.5. The molecular formula is C45H64N4O10. The largest absolute Gasteiger partial charge is 0.507 e. The summed E-state index contributed by atoms with van der Waals surface area (Å²) in [5.74, 6) is -5.58. The summed E-state index contributed by atoms with van der Waals surface area (Å²) in [6.07, 6.45) is 9.54. The van der Waals surface area contributed by atoms with Crippen LogP contribution in [-0.2, 0) is 14.3 Å². The zero-order valence-electron chi connectivity index (χ0n) is 36.4. The van der Waals surface area contributed by atoms with Gasteiger partial charge < -0.3 is 50.0 Å². The van der Waals surface area contributed by atoms with E-state index in [4.69, 9.17) is 29.3 Å². The number of aromatic hydroxyl groups is 2. The van der Waals surface area contributed by atoms with Crippen LogP contribution in [-0.4, -0.2) is 98.3 Å². The number of piperidine rings is 1. The number of phenols is 2. The molecule has 2 aromatic carbocycles. The van der Waals surface area contributed by atoms with Gasteiger partial charge in [0.05, 0.1) is 34.8 Å². The number of nitrogens with zero attached hydrogens (tertiary/aromatic N) is 3. The molecule has 4 aliphatic rings. The fourth-order valence-corrected chi connectivity index (χ4v) is 8.75. The van der Waals surface area contributed by atoms with E-state index in [-0.39, 0.29) is 73.5 Å². The molecule has 7 atom stereocenters. The minimum absolute atomic E-state index is 0.000612. The highest BCUT2D eigenvalue weighted by atomic mass is 16.7. The van der Waals surface area contributed by atoms with Crippen molar-refractivity contribution in [2.45, 2.75) is 124 Å². The lowest BCUT2D eigenvalue weighted by Crippen LogP contribution is -2.44. The number of ether oxygens (including phenoxy) is 3. The van der Waals surface area contributed by atoms with Crippen LogP contribution in [0.1, 0.15) is 104 Å². The van der Waals surface area contributed by atoms with Crippen LogP contribution >= 0.6 is 0 Å². The number of ketones is 1. The third kappa shape index (κ3) is 9.07. The van der Waals surface area contributed by atoms with Crippen molar-refractivity contribution < 1.29 is 49.3 Å². The van der Waals surface area contributed by atoms with Gasteiger partial charge in [0.1, 0.15) is 22.5 Å². The van der Waals surface area contributed by atoms with E-state index in [1.807, 2.05) is 32.9 Å². The van der Waals surface area contributed by atoms with Gasteiger partial charge in [-0.3, -0.25) is 19.6 Å². The maximum atomic E-state index is 14.5. The van der Waals surface area contributed by atoms with Gasteiger partial charge >= 0.3 is 5.79 Å². The molecule has 4 aliphatic heterocycles. The van der Waals surface area contributed by atoms with Crippen molar-refractivity contribution in [2.75, 3.05) is 32.1 Å². The van der Waals surface area contributed by atoms with E-state index < -0.39 is 46.9 Å². The Kier molecular flexibility index (Phi) is 13.7. The van der Waals surface area contributed by atoms with E-state index in [1.54, 1.807) is 39.8 Å². The number of benzene rings is 2. The predicted octanol–water partition coefficient (Wildman–Crippen LogP) is 5.31. The van der Waals surface area contributed by atoms with Crippen LogP contribution in [0.25, 0.3) is 10.8 Å². The first-order valence-corrected chi connectivity index (χ1v) is 20.7. The quantitative estimate of drug-likeness (QED) is 0.173. The lowest BCUT2D eigenvalue weighted by Gasteiger charge is -2.38. The van der Waals surface area contributed by atoms with Gasteiger partial charge in [0.25, 0.3) is 11.7 Å². The molecule has 6 N–H and O–H groups in total. The summed E-state index contributed by atoms with van der Waals surface area (Å²) < 4.78 is 18.5. The Labute approximate surface area is 347 Å². The molecule has 0 saturated carbocycles. The lowest BCUT2D eigenvalue weighted by atomic mass is 9.80. The highest BCUT2D eigenvalue weighted by Gasteiger charge is 2.50.